The van der Waals surface area contributed by atoms with Gasteiger partial charge in [0.05, 0.1) is 59.5 Å². The second kappa shape index (κ2) is 8.82. The van der Waals surface area contributed by atoms with Gasteiger partial charge in [0.25, 0.3) is 0 Å². The molecule has 3 saturated heterocycles. The van der Waals surface area contributed by atoms with Crippen molar-refractivity contribution >= 4 is 5.57 Å². The quantitative estimate of drug-likeness (QED) is 0.493. The fraction of sp³-hybridized carbons (Fsp3) is 0.619. The van der Waals surface area contributed by atoms with Crippen LogP contribution in [0, 0.1) is 0 Å². The van der Waals surface area contributed by atoms with Crippen molar-refractivity contribution in [2.75, 3.05) is 39.6 Å². The molecule has 3 aliphatic heterocycles. The van der Waals surface area contributed by atoms with Gasteiger partial charge < -0.3 is 28.4 Å². The van der Waals surface area contributed by atoms with Gasteiger partial charge in [0.2, 0.25) is 0 Å². The van der Waals surface area contributed by atoms with Crippen LogP contribution in [0.3, 0.4) is 0 Å². The second-order valence-electron chi connectivity index (χ2n) is 7.47. The zero-order chi connectivity index (χ0) is 18.6. The van der Waals surface area contributed by atoms with Gasteiger partial charge in [-0.25, -0.2) is 0 Å². The summed E-state index contributed by atoms with van der Waals surface area (Å²) in [6.07, 6.45) is 0.772. The predicted octanol–water partition coefficient (Wildman–Crippen LogP) is 2.47. The largest absolute Gasteiger partial charge is 0.374 e. The molecule has 0 spiro atoms. The minimum atomic E-state index is 0.252. The van der Waals surface area contributed by atoms with Crippen LogP contribution in [-0.2, 0) is 48.2 Å². The summed E-state index contributed by atoms with van der Waals surface area (Å²) in [6, 6.07) is 4.30. The van der Waals surface area contributed by atoms with Crippen molar-refractivity contribution in [2.45, 2.75) is 45.1 Å². The molecule has 0 saturated carbocycles. The van der Waals surface area contributed by atoms with Crippen LogP contribution >= 0.6 is 0 Å². The van der Waals surface area contributed by atoms with E-state index in [0.29, 0.717) is 39.6 Å². The summed E-state index contributed by atoms with van der Waals surface area (Å²) in [7, 11) is 0. The molecule has 0 aliphatic carbocycles. The van der Waals surface area contributed by atoms with Gasteiger partial charge in [0.15, 0.2) is 0 Å². The predicted molar refractivity (Wildman–Crippen MR) is 99.3 cm³/mol. The molecule has 1 aromatic carbocycles. The van der Waals surface area contributed by atoms with Gasteiger partial charge in [-0.1, -0.05) is 18.2 Å². The normalized spacial score (nSPS) is 25.4. The minimum Gasteiger partial charge on any atom is -0.374 e. The summed E-state index contributed by atoms with van der Waals surface area (Å²) >= 11 is 0. The molecular formula is C21H28O6. The lowest BCUT2D eigenvalue weighted by molar-refractivity contribution is 0.0906. The Hall–Kier alpha value is -1.28. The van der Waals surface area contributed by atoms with Crippen molar-refractivity contribution in [3.63, 3.8) is 0 Å². The van der Waals surface area contributed by atoms with E-state index >= 15 is 0 Å². The molecule has 3 unspecified atom stereocenters. The highest BCUT2D eigenvalue weighted by atomic mass is 16.6. The molecule has 1 aromatic rings. The first-order valence-electron chi connectivity index (χ1n) is 9.57. The molecule has 27 heavy (non-hydrogen) atoms. The third-order valence-electron chi connectivity index (χ3n) is 4.75. The van der Waals surface area contributed by atoms with Gasteiger partial charge in [0, 0.05) is 0 Å². The lowest BCUT2D eigenvalue weighted by Gasteiger charge is -2.18. The summed E-state index contributed by atoms with van der Waals surface area (Å²) < 4.78 is 33.2. The Morgan fingerprint density at radius 3 is 1.93 bits per heavy atom. The fourth-order valence-electron chi connectivity index (χ4n) is 2.96. The van der Waals surface area contributed by atoms with Crippen molar-refractivity contribution in [1.29, 1.82) is 0 Å². The zero-order valence-electron chi connectivity index (χ0n) is 15.9. The third kappa shape index (κ3) is 6.10. The van der Waals surface area contributed by atoms with Crippen LogP contribution in [0.5, 0.6) is 0 Å². The lowest BCUT2D eigenvalue weighted by Crippen LogP contribution is -2.10. The monoisotopic (exact) mass is 376 g/mol. The van der Waals surface area contributed by atoms with Gasteiger partial charge >= 0.3 is 0 Å². The van der Waals surface area contributed by atoms with Crippen LogP contribution < -0.4 is 0 Å². The van der Waals surface area contributed by atoms with Crippen LogP contribution in [-0.4, -0.2) is 58.0 Å². The Morgan fingerprint density at radius 2 is 1.41 bits per heavy atom. The maximum absolute atomic E-state index is 5.88. The highest BCUT2D eigenvalue weighted by molar-refractivity contribution is 5.66. The van der Waals surface area contributed by atoms with E-state index in [1.807, 2.05) is 6.92 Å². The highest BCUT2D eigenvalue weighted by Crippen LogP contribution is 2.27. The Morgan fingerprint density at radius 1 is 0.889 bits per heavy atom. The van der Waals surface area contributed by atoms with E-state index in [2.05, 4.69) is 18.7 Å². The molecule has 0 bridgehead atoms. The van der Waals surface area contributed by atoms with Crippen LogP contribution in [0.15, 0.2) is 18.7 Å². The maximum Gasteiger partial charge on any atom is 0.104 e. The van der Waals surface area contributed by atoms with Crippen molar-refractivity contribution in [3.8, 4) is 0 Å². The molecule has 3 atom stereocenters. The third-order valence-corrected chi connectivity index (χ3v) is 4.75. The van der Waals surface area contributed by atoms with Gasteiger partial charge in [-0.3, -0.25) is 0 Å². The van der Waals surface area contributed by atoms with Crippen LogP contribution in [0.1, 0.15) is 29.2 Å². The van der Waals surface area contributed by atoms with Gasteiger partial charge in [-0.2, -0.15) is 0 Å². The van der Waals surface area contributed by atoms with Crippen molar-refractivity contribution in [1.82, 2.24) is 0 Å². The molecule has 148 valence electrons. The Balaban J connectivity index is 1.46. The number of benzene rings is 1. The van der Waals surface area contributed by atoms with E-state index in [4.69, 9.17) is 28.4 Å². The fourth-order valence-corrected chi connectivity index (χ4v) is 2.96. The second-order valence-corrected chi connectivity index (χ2v) is 7.47. The molecule has 3 heterocycles. The topological polar surface area (TPSA) is 65.3 Å². The molecule has 4 rings (SSSR count). The van der Waals surface area contributed by atoms with E-state index in [-0.39, 0.29) is 18.3 Å². The average molecular weight is 376 g/mol. The standard InChI is InChI=1S/C21H28O6/c1-14(2)20-4-15(5-22-7-17-10-25-17)3-16(6-23-8-18-11-26-18)21(20)13-24-9-19-12-27-19/h3-4,17-19H,1,5-13H2,2H3. The molecular weight excluding hydrogens is 348 g/mol. The number of hydrogen-bond donors (Lipinski definition) is 0. The summed E-state index contributed by atoms with van der Waals surface area (Å²) in [5.74, 6) is 0. The molecule has 0 N–H and O–H groups in total. The maximum atomic E-state index is 5.88. The van der Waals surface area contributed by atoms with E-state index in [9.17, 15) is 0 Å². The number of allylic oxidation sites excluding steroid dienone is 1. The molecule has 3 fully saturated rings. The number of hydrogen-bond acceptors (Lipinski definition) is 6. The van der Waals surface area contributed by atoms with Crippen molar-refractivity contribution in [2.24, 2.45) is 0 Å². The first-order valence-corrected chi connectivity index (χ1v) is 9.57. The van der Waals surface area contributed by atoms with Crippen molar-refractivity contribution in [3.05, 3.63) is 41.0 Å². The highest BCUT2D eigenvalue weighted by Gasteiger charge is 2.25. The van der Waals surface area contributed by atoms with Crippen LogP contribution in [0.4, 0.5) is 0 Å². The van der Waals surface area contributed by atoms with Gasteiger partial charge in [-0.05, 0) is 35.2 Å². The molecule has 0 radical (unpaired) electrons. The first kappa shape index (κ1) is 19.1. The first-order chi connectivity index (χ1) is 13.2. The number of ether oxygens (including phenoxy) is 6. The molecule has 3 aliphatic rings. The zero-order valence-corrected chi connectivity index (χ0v) is 15.9. The molecule has 6 nitrogen and oxygen atoms in total. The van der Waals surface area contributed by atoms with Crippen LogP contribution in [0.25, 0.3) is 5.57 Å². The summed E-state index contributed by atoms with van der Waals surface area (Å²) in [5, 5.41) is 0. The van der Waals surface area contributed by atoms with Crippen LogP contribution in [0.2, 0.25) is 0 Å². The minimum absolute atomic E-state index is 0.252. The van der Waals surface area contributed by atoms with E-state index in [1.165, 1.54) is 0 Å². The molecule has 0 aromatic heterocycles. The lowest BCUT2D eigenvalue weighted by atomic mass is 9.94. The Bertz CT molecular complexity index is 661. The van der Waals surface area contributed by atoms with E-state index < -0.39 is 0 Å². The average Bonchev–Trinajstić information content (AvgIpc) is 3.49. The Kier molecular flexibility index (Phi) is 6.22. The van der Waals surface area contributed by atoms with E-state index in [1.54, 1.807) is 0 Å². The van der Waals surface area contributed by atoms with E-state index in [0.717, 1.165) is 47.6 Å². The summed E-state index contributed by atoms with van der Waals surface area (Å²) in [6.45, 7) is 12.1. The molecule has 0 amide bonds. The molecule has 6 heteroatoms. The van der Waals surface area contributed by atoms with Gasteiger partial charge in [0.1, 0.15) is 18.3 Å². The van der Waals surface area contributed by atoms with Gasteiger partial charge in [-0.15, -0.1) is 0 Å². The van der Waals surface area contributed by atoms with Crippen molar-refractivity contribution < 1.29 is 28.4 Å². The SMILES string of the molecule is C=C(C)c1cc(COCC2CO2)cc(COCC2CO2)c1COCC1CO1. The summed E-state index contributed by atoms with van der Waals surface area (Å²) in [5.41, 5.74) is 5.49. The number of rotatable bonds is 13. The summed E-state index contributed by atoms with van der Waals surface area (Å²) in [4.78, 5) is 0. The smallest absolute Gasteiger partial charge is 0.104 e. The number of epoxide rings is 3. The Labute approximate surface area is 160 Å².